The van der Waals surface area contributed by atoms with Crippen LogP contribution in [-0.2, 0) is 6.18 Å². The predicted molar refractivity (Wildman–Crippen MR) is 69.6 cm³/mol. The van der Waals surface area contributed by atoms with Crippen LogP contribution in [0.2, 0.25) is 0 Å². The highest BCUT2D eigenvalue weighted by Gasteiger charge is 2.32. The number of rotatable bonds is 4. The highest BCUT2D eigenvalue weighted by Crippen LogP contribution is 2.33. The molecule has 106 valence electrons. The van der Waals surface area contributed by atoms with Gasteiger partial charge in [0.2, 0.25) is 0 Å². The monoisotopic (exact) mass is 292 g/mol. The third-order valence-corrected chi connectivity index (χ3v) is 3.63. The zero-order chi connectivity index (χ0) is 13.9. The lowest BCUT2D eigenvalue weighted by Gasteiger charge is -2.29. The molecule has 1 aromatic heterocycles. The Kier molecular flexibility index (Phi) is 4.55. The largest absolute Gasteiger partial charge is 0.416 e. The van der Waals surface area contributed by atoms with E-state index in [1.807, 2.05) is 4.90 Å². The van der Waals surface area contributed by atoms with E-state index in [1.165, 1.54) is 6.20 Å². The number of hydrogen-bond acceptors (Lipinski definition) is 2. The minimum atomic E-state index is -4.33. The van der Waals surface area contributed by atoms with Crippen LogP contribution in [0, 0.1) is 0 Å². The van der Waals surface area contributed by atoms with Gasteiger partial charge < -0.3 is 4.90 Å². The molecule has 1 aliphatic carbocycles. The summed E-state index contributed by atoms with van der Waals surface area (Å²) >= 11 is 5.76. The Morgan fingerprint density at radius 1 is 1.32 bits per heavy atom. The summed E-state index contributed by atoms with van der Waals surface area (Å²) in [4.78, 5) is 6.00. The smallest absolute Gasteiger partial charge is 0.352 e. The standard InChI is InChI=1S/C13H16ClF3N2/c14-6-8-19(11-3-1-2-4-11)12-9-10(5-7-18-12)13(15,16)17/h5,7,9,11H,1-4,6,8H2. The van der Waals surface area contributed by atoms with Gasteiger partial charge >= 0.3 is 6.18 Å². The average molecular weight is 293 g/mol. The molecule has 0 aromatic carbocycles. The van der Waals surface area contributed by atoms with Gasteiger partial charge in [-0.15, -0.1) is 11.6 Å². The maximum atomic E-state index is 12.7. The topological polar surface area (TPSA) is 16.1 Å². The van der Waals surface area contributed by atoms with Crippen molar-refractivity contribution < 1.29 is 13.2 Å². The van der Waals surface area contributed by atoms with Crippen molar-refractivity contribution in [2.45, 2.75) is 37.9 Å². The summed E-state index contributed by atoms with van der Waals surface area (Å²) in [6.45, 7) is 0.528. The fourth-order valence-electron chi connectivity index (χ4n) is 2.54. The molecule has 1 aromatic rings. The lowest BCUT2D eigenvalue weighted by atomic mass is 10.2. The van der Waals surface area contributed by atoms with Crippen molar-refractivity contribution in [3.8, 4) is 0 Å². The van der Waals surface area contributed by atoms with Crippen LogP contribution in [0.5, 0.6) is 0 Å². The van der Waals surface area contributed by atoms with Gasteiger partial charge in [0.1, 0.15) is 5.82 Å². The van der Waals surface area contributed by atoms with Gasteiger partial charge in [0.25, 0.3) is 0 Å². The van der Waals surface area contributed by atoms with E-state index in [2.05, 4.69) is 4.98 Å². The van der Waals surface area contributed by atoms with E-state index in [-0.39, 0.29) is 6.04 Å². The number of aromatic nitrogens is 1. The van der Waals surface area contributed by atoms with Gasteiger partial charge in [-0.1, -0.05) is 12.8 Å². The van der Waals surface area contributed by atoms with Gasteiger partial charge in [0, 0.05) is 24.7 Å². The quantitative estimate of drug-likeness (QED) is 0.777. The van der Waals surface area contributed by atoms with Crippen molar-refractivity contribution in [1.82, 2.24) is 4.98 Å². The number of halogens is 4. The van der Waals surface area contributed by atoms with Crippen LogP contribution in [-0.4, -0.2) is 23.5 Å². The third-order valence-electron chi connectivity index (χ3n) is 3.46. The molecule has 2 nitrogen and oxygen atoms in total. The SMILES string of the molecule is FC(F)(F)c1ccnc(N(CCCl)C2CCCC2)c1. The first kappa shape index (κ1) is 14.4. The summed E-state index contributed by atoms with van der Waals surface area (Å²) in [6, 6.07) is 2.37. The Labute approximate surface area is 115 Å². The summed E-state index contributed by atoms with van der Waals surface area (Å²) < 4.78 is 38.2. The molecule has 0 spiro atoms. The first-order valence-electron chi connectivity index (χ1n) is 6.38. The van der Waals surface area contributed by atoms with E-state index < -0.39 is 11.7 Å². The van der Waals surface area contributed by atoms with Gasteiger partial charge in [-0.05, 0) is 25.0 Å². The maximum absolute atomic E-state index is 12.7. The first-order valence-corrected chi connectivity index (χ1v) is 6.91. The second-order valence-electron chi connectivity index (χ2n) is 4.72. The molecule has 6 heteroatoms. The average Bonchev–Trinajstić information content (AvgIpc) is 2.88. The van der Waals surface area contributed by atoms with Crippen LogP contribution < -0.4 is 4.90 Å². The molecule has 1 aliphatic rings. The van der Waals surface area contributed by atoms with Crippen molar-refractivity contribution in [2.75, 3.05) is 17.3 Å². The number of anilines is 1. The summed E-state index contributed by atoms with van der Waals surface area (Å²) in [5.74, 6) is 0.761. The van der Waals surface area contributed by atoms with Crippen LogP contribution >= 0.6 is 11.6 Å². The molecule has 0 atom stereocenters. The summed E-state index contributed by atoms with van der Waals surface area (Å²) in [5.41, 5.74) is -0.657. The van der Waals surface area contributed by atoms with Crippen molar-refractivity contribution in [1.29, 1.82) is 0 Å². The Balaban J connectivity index is 2.25. The second kappa shape index (κ2) is 5.99. The molecule has 0 amide bonds. The Morgan fingerprint density at radius 3 is 2.58 bits per heavy atom. The molecule has 0 unspecified atom stereocenters. The zero-order valence-corrected chi connectivity index (χ0v) is 11.2. The minimum absolute atomic E-state index is 0.259. The van der Waals surface area contributed by atoms with E-state index in [0.717, 1.165) is 37.8 Å². The van der Waals surface area contributed by atoms with Gasteiger partial charge in [-0.25, -0.2) is 4.98 Å². The van der Waals surface area contributed by atoms with Crippen molar-refractivity contribution in [3.63, 3.8) is 0 Å². The molecular weight excluding hydrogens is 277 g/mol. The molecule has 0 aliphatic heterocycles. The Morgan fingerprint density at radius 2 is 2.00 bits per heavy atom. The predicted octanol–water partition coefficient (Wildman–Crippen LogP) is 4.09. The van der Waals surface area contributed by atoms with Gasteiger partial charge in [-0.3, -0.25) is 0 Å². The lowest BCUT2D eigenvalue weighted by molar-refractivity contribution is -0.137. The summed E-state index contributed by atoms with van der Waals surface area (Å²) in [5, 5.41) is 0. The fraction of sp³-hybridized carbons (Fsp3) is 0.615. The Hall–Kier alpha value is -0.970. The number of pyridine rings is 1. The molecule has 1 fully saturated rings. The lowest BCUT2D eigenvalue weighted by Crippen LogP contribution is -2.35. The van der Waals surface area contributed by atoms with Crippen molar-refractivity contribution in [2.24, 2.45) is 0 Å². The van der Waals surface area contributed by atoms with Crippen LogP contribution in [0.15, 0.2) is 18.3 Å². The molecule has 0 saturated heterocycles. The zero-order valence-electron chi connectivity index (χ0n) is 10.5. The van der Waals surface area contributed by atoms with Gasteiger partial charge in [0.15, 0.2) is 0 Å². The molecule has 0 N–H and O–H groups in total. The maximum Gasteiger partial charge on any atom is 0.416 e. The van der Waals surface area contributed by atoms with E-state index >= 15 is 0 Å². The highest BCUT2D eigenvalue weighted by atomic mass is 35.5. The fourth-order valence-corrected chi connectivity index (χ4v) is 2.73. The summed E-state index contributed by atoms with van der Waals surface area (Å²) in [6.07, 6.45) is 1.10. The molecular formula is C13H16ClF3N2. The van der Waals surface area contributed by atoms with Crippen LogP contribution in [0.4, 0.5) is 19.0 Å². The van der Waals surface area contributed by atoms with E-state index in [4.69, 9.17) is 11.6 Å². The number of nitrogens with zero attached hydrogens (tertiary/aromatic N) is 2. The van der Waals surface area contributed by atoms with Gasteiger partial charge in [0.05, 0.1) is 5.56 Å². The summed E-state index contributed by atoms with van der Waals surface area (Å²) in [7, 11) is 0. The normalized spacial score (nSPS) is 16.8. The minimum Gasteiger partial charge on any atom is -0.352 e. The first-order chi connectivity index (χ1) is 9.02. The molecule has 0 bridgehead atoms. The molecule has 1 heterocycles. The van der Waals surface area contributed by atoms with Gasteiger partial charge in [-0.2, -0.15) is 13.2 Å². The molecule has 1 saturated carbocycles. The van der Waals surface area contributed by atoms with Crippen molar-refractivity contribution >= 4 is 17.4 Å². The third kappa shape index (κ3) is 3.53. The number of hydrogen-bond donors (Lipinski definition) is 0. The molecule has 0 radical (unpaired) electrons. The molecule has 2 rings (SSSR count). The molecule has 19 heavy (non-hydrogen) atoms. The van der Waals surface area contributed by atoms with E-state index in [1.54, 1.807) is 0 Å². The number of alkyl halides is 4. The van der Waals surface area contributed by atoms with E-state index in [9.17, 15) is 13.2 Å². The van der Waals surface area contributed by atoms with Crippen LogP contribution in [0.3, 0.4) is 0 Å². The van der Waals surface area contributed by atoms with E-state index in [0.29, 0.717) is 18.2 Å². The second-order valence-corrected chi connectivity index (χ2v) is 5.10. The Bertz CT molecular complexity index is 417. The highest BCUT2D eigenvalue weighted by molar-refractivity contribution is 6.18. The van der Waals surface area contributed by atoms with Crippen molar-refractivity contribution in [3.05, 3.63) is 23.9 Å². The van der Waals surface area contributed by atoms with Crippen LogP contribution in [0.1, 0.15) is 31.2 Å². The van der Waals surface area contributed by atoms with Crippen LogP contribution in [0.25, 0.3) is 0 Å².